The molecular formula is C11H15N3OS. The van der Waals surface area contributed by atoms with Crippen LogP contribution in [0, 0.1) is 4.64 Å². The van der Waals surface area contributed by atoms with E-state index in [1.54, 1.807) is 12.1 Å². The molecule has 1 aliphatic rings. The highest BCUT2D eigenvalue weighted by Gasteiger charge is 2.19. The first-order valence-corrected chi connectivity index (χ1v) is 5.78. The van der Waals surface area contributed by atoms with Gasteiger partial charge in [0.2, 0.25) is 0 Å². The third kappa shape index (κ3) is 2.68. The molecule has 1 atom stereocenters. The molecule has 5 heteroatoms. The normalized spacial score (nSPS) is 19.6. The van der Waals surface area contributed by atoms with E-state index in [0.717, 1.165) is 31.1 Å². The van der Waals surface area contributed by atoms with Crippen molar-refractivity contribution in [3.63, 3.8) is 0 Å². The van der Waals surface area contributed by atoms with Crippen LogP contribution in [0.3, 0.4) is 0 Å². The monoisotopic (exact) mass is 237 g/mol. The smallest absolute Gasteiger partial charge is 0.138 e. The van der Waals surface area contributed by atoms with Gasteiger partial charge in [-0.1, -0.05) is 18.3 Å². The van der Waals surface area contributed by atoms with Gasteiger partial charge in [0.25, 0.3) is 0 Å². The van der Waals surface area contributed by atoms with E-state index < -0.39 is 0 Å². The van der Waals surface area contributed by atoms with Crippen LogP contribution in [0.1, 0.15) is 24.8 Å². The average molecular weight is 237 g/mol. The number of nitrogens with one attached hydrogen (secondary N) is 2. The number of anilines is 1. The first kappa shape index (κ1) is 11.3. The molecule has 0 bridgehead atoms. The van der Waals surface area contributed by atoms with E-state index in [1.165, 1.54) is 0 Å². The lowest BCUT2D eigenvalue weighted by atomic mass is 10.2. The first-order valence-electron chi connectivity index (χ1n) is 5.37. The molecule has 0 spiro atoms. The molecule has 0 aromatic carbocycles. The molecule has 1 saturated heterocycles. The minimum Gasteiger partial charge on any atom is -0.370 e. The summed E-state index contributed by atoms with van der Waals surface area (Å²) in [5.74, 6) is 1.68. The second-order valence-corrected chi connectivity index (χ2v) is 4.11. The molecule has 1 aromatic heterocycles. The number of hydrogen-bond acceptors (Lipinski definition) is 4. The third-order valence-electron chi connectivity index (χ3n) is 2.43. The molecule has 0 aliphatic carbocycles. The average Bonchev–Trinajstić information content (AvgIpc) is 2.79. The van der Waals surface area contributed by atoms with Gasteiger partial charge in [-0.25, -0.2) is 4.98 Å². The maximum Gasteiger partial charge on any atom is 0.138 e. The highest BCUT2D eigenvalue weighted by molar-refractivity contribution is 7.71. The van der Waals surface area contributed by atoms with Gasteiger partial charge in [-0.15, -0.1) is 6.58 Å². The van der Waals surface area contributed by atoms with E-state index in [2.05, 4.69) is 21.9 Å². The number of aromatic nitrogens is 2. The van der Waals surface area contributed by atoms with Crippen molar-refractivity contribution in [3.05, 3.63) is 29.2 Å². The van der Waals surface area contributed by atoms with Crippen molar-refractivity contribution >= 4 is 18.0 Å². The zero-order chi connectivity index (χ0) is 11.4. The predicted octanol–water partition coefficient (Wildman–Crippen LogP) is 2.59. The summed E-state index contributed by atoms with van der Waals surface area (Å²) in [5.41, 5.74) is 0. The summed E-state index contributed by atoms with van der Waals surface area (Å²) < 4.78 is 6.14. The van der Waals surface area contributed by atoms with Crippen LogP contribution in [0.4, 0.5) is 5.82 Å². The summed E-state index contributed by atoms with van der Waals surface area (Å²) in [4.78, 5) is 7.49. The van der Waals surface area contributed by atoms with Crippen molar-refractivity contribution in [1.29, 1.82) is 0 Å². The quantitative estimate of drug-likeness (QED) is 0.624. The van der Waals surface area contributed by atoms with Crippen LogP contribution >= 0.6 is 12.2 Å². The standard InChI is InChI=1S/C11H15N3OS/c1-2-5-12-9-7-10(16)14-11(13-9)8-4-3-6-15-8/h2,7-8H,1,3-6H2,(H2,12,13,14,16). The molecule has 4 nitrogen and oxygen atoms in total. The molecule has 16 heavy (non-hydrogen) atoms. The molecule has 2 N–H and O–H groups in total. The van der Waals surface area contributed by atoms with Crippen LogP contribution in [0.25, 0.3) is 0 Å². The Morgan fingerprint density at radius 1 is 1.75 bits per heavy atom. The zero-order valence-corrected chi connectivity index (χ0v) is 9.85. The van der Waals surface area contributed by atoms with Gasteiger partial charge in [-0.05, 0) is 12.8 Å². The van der Waals surface area contributed by atoms with Gasteiger partial charge in [0, 0.05) is 19.2 Å². The van der Waals surface area contributed by atoms with Crippen molar-refractivity contribution in [1.82, 2.24) is 9.97 Å². The van der Waals surface area contributed by atoms with Gasteiger partial charge >= 0.3 is 0 Å². The molecule has 86 valence electrons. The number of rotatable bonds is 4. The minimum absolute atomic E-state index is 0.0622. The molecule has 1 aliphatic heterocycles. The summed E-state index contributed by atoms with van der Waals surface area (Å²) in [5, 5.41) is 3.16. The minimum atomic E-state index is 0.0622. The molecule has 0 amide bonds. The van der Waals surface area contributed by atoms with Crippen LogP contribution in [-0.2, 0) is 4.74 Å². The Labute approximate surface area is 99.8 Å². The molecule has 1 fully saturated rings. The van der Waals surface area contributed by atoms with Crippen molar-refractivity contribution in [3.8, 4) is 0 Å². The maximum absolute atomic E-state index is 5.57. The lowest BCUT2D eigenvalue weighted by molar-refractivity contribution is 0.105. The number of nitrogens with zero attached hydrogens (tertiary/aromatic N) is 1. The van der Waals surface area contributed by atoms with Gasteiger partial charge in [0.15, 0.2) is 0 Å². The topological polar surface area (TPSA) is 49.9 Å². The van der Waals surface area contributed by atoms with E-state index in [1.807, 2.05) is 0 Å². The molecule has 1 aromatic rings. The van der Waals surface area contributed by atoms with Crippen LogP contribution in [0.15, 0.2) is 18.7 Å². The van der Waals surface area contributed by atoms with E-state index in [0.29, 0.717) is 11.2 Å². The van der Waals surface area contributed by atoms with E-state index in [9.17, 15) is 0 Å². The Hall–Kier alpha value is -1.20. The summed E-state index contributed by atoms with van der Waals surface area (Å²) >= 11 is 5.12. The van der Waals surface area contributed by atoms with Gasteiger partial charge in [0.05, 0.1) is 0 Å². The number of hydrogen-bond donors (Lipinski definition) is 2. The Morgan fingerprint density at radius 2 is 2.62 bits per heavy atom. The summed E-state index contributed by atoms with van der Waals surface area (Å²) in [6.45, 7) is 5.15. The Bertz CT molecular complexity index is 423. The fourth-order valence-electron chi connectivity index (χ4n) is 1.70. The van der Waals surface area contributed by atoms with Gasteiger partial charge in [-0.3, -0.25) is 0 Å². The fourth-order valence-corrected chi connectivity index (χ4v) is 1.92. The van der Waals surface area contributed by atoms with Crippen LogP contribution in [0.5, 0.6) is 0 Å². The summed E-state index contributed by atoms with van der Waals surface area (Å²) in [7, 11) is 0. The van der Waals surface area contributed by atoms with Crippen LogP contribution < -0.4 is 5.32 Å². The zero-order valence-electron chi connectivity index (χ0n) is 9.03. The molecular weight excluding hydrogens is 222 g/mol. The number of ether oxygens (including phenoxy) is 1. The Morgan fingerprint density at radius 3 is 3.31 bits per heavy atom. The molecule has 1 unspecified atom stereocenters. The first-order chi connectivity index (χ1) is 7.79. The fraction of sp³-hybridized carbons (Fsp3) is 0.455. The largest absolute Gasteiger partial charge is 0.370 e. The highest BCUT2D eigenvalue weighted by atomic mass is 32.1. The van der Waals surface area contributed by atoms with E-state index in [4.69, 9.17) is 17.0 Å². The lowest BCUT2D eigenvalue weighted by Gasteiger charge is -2.11. The molecule has 2 rings (SSSR count). The highest BCUT2D eigenvalue weighted by Crippen LogP contribution is 2.26. The molecule has 0 radical (unpaired) electrons. The maximum atomic E-state index is 5.57. The van der Waals surface area contributed by atoms with Crippen LogP contribution in [0.2, 0.25) is 0 Å². The van der Waals surface area contributed by atoms with E-state index in [-0.39, 0.29) is 6.10 Å². The van der Waals surface area contributed by atoms with E-state index >= 15 is 0 Å². The third-order valence-corrected chi connectivity index (χ3v) is 2.64. The Balaban J connectivity index is 2.20. The van der Waals surface area contributed by atoms with Crippen molar-refractivity contribution in [2.45, 2.75) is 18.9 Å². The predicted molar refractivity (Wildman–Crippen MR) is 66.0 cm³/mol. The molecule has 2 heterocycles. The number of aromatic amines is 1. The summed E-state index contributed by atoms with van der Waals surface area (Å²) in [6.07, 6.45) is 3.94. The Kier molecular flexibility index (Phi) is 3.69. The second kappa shape index (κ2) is 5.23. The number of H-pyrrole nitrogens is 1. The van der Waals surface area contributed by atoms with Gasteiger partial charge < -0.3 is 15.0 Å². The van der Waals surface area contributed by atoms with Gasteiger partial charge in [-0.2, -0.15) is 0 Å². The van der Waals surface area contributed by atoms with Crippen molar-refractivity contribution in [2.24, 2.45) is 0 Å². The van der Waals surface area contributed by atoms with Crippen LogP contribution in [-0.4, -0.2) is 23.1 Å². The summed E-state index contributed by atoms with van der Waals surface area (Å²) in [6, 6.07) is 1.80. The molecule has 0 saturated carbocycles. The lowest BCUT2D eigenvalue weighted by Crippen LogP contribution is -2.07. The SMILES string of the molecule is C=CCNc1cc(=S)nc(C2CCCO2)[nH]1. The van der Waals surface area contributed by atoms with Crippen molar-refractivity contribution in [2.75, 3.05) is 18.5 Å². The van der Waals surface area contributed by atoms with Crippen molar-refractivity contribution < 1.29 is 4.74 Å². The second-order valence-electron chi connectivity index (χ2n) is 3.69. The van der Waals surface area contributed by atoms with Gasteiger partial charge in [0.1, 0.15) is 22.4 Å².